The Morgan fingerprint density at radius 1 is 1.19 bits per heavy atom. The third-order valence-corrected chi connectivity index (χ3v) is 5.99. The van der Waals surface area contributed by atoms with Crippen molar-refractivity contribution in [2.45, 2.75) is 23.3 Å². The SMILES string of the molecule is O=S(=O)(NC1(CBr)CCOCC1)c1c(F)cc(F)cc1F. The molecule has 0 aromatic heterocycles. The number of nitrogens with one attached hydrogen (secondary N) is 1. The number of halogens is 4. The Morgan fingerprint density at radius 3 is 2.19 bits per heavy atom. The quantitative estimate of drug-likeness (QED) is 0.806. The topological polar surface area (TPSA) is 55.4 Å². The molecule has 0 bridgehead atoms. The van der Waals surface area contributed by atoms with Crippen molar-refractivity contribution in [2.75, 3.05) is 18.5 Å². The van der Waals surface area contributed by atoms with E-state index in [1.807, 2.05) is 0 Å². The number of alkyl halides is 1. The summed E-state index contributed by atoms with van der Waals surface area (Å²) >= 11 is 3.21. The van der Waals surface area contributed by atoms with Crippen LogP contribution in [0.15, 0.2) is 17.0 Å². The average molecular weight is 388 g/mol. The zero-order valence-electron chi connectivity index (χ0n) is 10.8. The van der Waals surface area contributed by atoms with Gasteiger partial charge in [-0.15, -0.1) is 0 Å². The van der Waals surface area contributed by atoms with Crippen LogP contribution in [0, 0.1) is 17.5 Å². The van der Waals surface area contributed by atoms with Gasteiger partial charge in [-0.25, -0.2) is 26.3 Å². The smallest absolute Gasteiger partial charge is 0.246 e. The molecule has 21 heavy (non-hydrogen) atoms. The van der Waals surface area contributed by atoms with Gasteiger partial charge in [0, 0.05) is 36.2 Å². The van der Waals surface area contributed by atoms with Crippen LogP contribution in [-0.2, 0) is 14.8 Å². The van der Waals surface area contributed by atoms with Gasteiger partial charge < -0.3 is 4.74 Å². The first kappa shape index (κ1) is 16.7. The van der Waals surface area contributed by atoms with Gasteiger partial charge in [0.2, 0.25) is 10.0 Å². The Kier molecular flexibility index (Phi) is 4.96. The summed E-state index contributed by atoms with van der Waals surface area (Å²) in [7, 11) is -4.46. The number of sulfonamides is 1. The fourth-order valence-electron chi connectivity index (χ4n) is 2.15. The Bertz CT molecular complexity index is 610. The molecule has 0 unspecified atom stereocenters. The Labute approximate surface area is 128 Å². The Morgan fingerprint density at radius 2 is 1.71 bits per heavy atom. The van der Waals surface area contributed by atoms with Crippen LogP contribution in [0.2, 0.25) is 0 Å². The molecule has 1 heterocycles. The summed E-state index contributed by atoms with van der Waals surface area (Å²) in [5.74, 6) is -4.10. The van der Waals surface area contributed by atoms with Crippen LogP contribution < -0.4 is 4.72 Å². The van der Waals surface area contributed by atoms with E-state index in [9.17, 15) is 21.6 Å². The number of rotatable bonds is 4. The van der Waals surface area contributed by atoms with Crippen LogP contribution in [0.1, 0.15) is 12.8 Å². The maximum absolute atomic E-state index is 13.7. The van der Waals surface area contributed by atoms with Gasteiger partial charge >= 0.3 is 0 Å². The van der Waals surface area contributed by atoms with Gasteiger partial charge in [-0.2, -0.15) is 0 Å². The molecule has 2 rings (SSSR count). The zero-order valence-corrected chi connectivity index (χ0v) is 13.2. The minimum absolute atomic E-state index is 0.271. The van der Waals surface area contributed by atoms with Crippen LogP contribution in [0.5, 0.6) is 0 Å². The van der Waals surface area contributed by atoms with Crippen molar-refractivity contribution in [3.05, 3.63) is 29.6 Å². The third-order valence-electron chi connectivity index (χ3n) is 3.29. The van der Waals surface area contributed by atoms with E-state index in [1.54, 1.807) is 0 Å². The van der Waals surface area contributed by atoms with Crippen molar-refractivity contribution >= 4 is 26.0 Å². The Balaban J connectivity index is 2.38. The molecule has 1 N–H and O–H groups in total. The molecule has 0 spiro atoms. The molecule has 118 valence electrons. The van der Waals surface area contributed by atoms with E-state index in [2.05, 4.69) is 20.7 Å². The van der Waals surface area contributed by atoms with E-state index in [-0.39, 0.29) is 5.33 Å². The van der Waals surface area contributed by atoms with Crippen molar-refractivity contribution < 1.29 is 26.3 Å². The lowest BCUT2D eigenvalue weighted by molar-refractivity contribution is 0.0557. The molecule has 4 nitrogen and oxygen atoms in total. The summed E-state index contributed by atoms with van der Waals surface area (Å²) in [5, 5.41) is 0.271. The lowest BCUT2D eigenvalue weighted by Crippen LogP contribution is -2.53. The summed E-state index contributed by atoms with van der Waals surface area (Å²) in [5.41, 5.74) is -0.885. The molecular formula is C12H13BrF3NO3S. The van der Waals surface area contributed by atoms with Gasteiger partial charge in [-0.1, -0.05) is 15.9 Å². The van der Waals surface area contributed by atoms with Crippen LogP contribution in [-0.4, -0.2) is 32.5 Å². The molecule has 0 atom stereocenters. The molecule has 1 aromatic carbocycles. The second kappa shape index (κ2) is 6.23. The summed E-state index contributed by atoms with van der Waals surface area (Å²) < 4.78 is 72.1. The Hall–Kier alpha value is -0.640. The van der Waals surface area contributed by atoms with Crippen LogP contribution >= 0.6 is 15.9 Å². The minimum Gasteiger partial charge on any atom is -0.381 e. The van der Waals surface area contributed by atoms with Gasteiger partial charge in [0.1, 0.15) is 17.5 Å². The second-order valence-electron chi connectivity index (χ2n) is 4.83. The molecule has 0 amide bonds. The maximum atomic E-state index is 13.7. The highest BCUT2D eigenvalue weighted by Gasteiger charge is 2.38. The zero-order chi connectivity index (χ0) is 15.7. The first-order chi connectivity index (χ1) is 9.80. The van der Waals surface area contributed by atoms with E-state index in [0.29, 0.717) is 38.2 Å². The first-order valence-electron chi connectivity index (χ1n) is 6.12. The molecule has 1 aliphatic heterocycles. The summed E-state index contributed by atoms with van der Waals surface area (Å²) in [6.45, 7) is 0.672. The van der Waals surface area contributed by atoms with Crippen molar-refractivity contribution in [1.29, 1.82) is 0 Å². The third kappa shape index (κ3) is 3.58. The molecular weight excluding hydrogens is 375 g/mol. The van der Waals surface area contributed by atoms with E-state index in [4.69, 9.17) is 4.74 Å². The molecule has 1 aromatic rings. The summed E-state index contributed by atoms with van der Waals surface area (Å²) in [4.78, 5) is -1.17. The largest absolute Gasteiger partial charge is 0.381 e. The lowest BCUT2D eigenvalue weighted by atomic mass is 9.94. The van der Waals surface area contributed by atoms with E-state index in [0.717, 1.165) is 0 Å². The molecule has 0 aliphatic carbocycles. The van der Waals surface area contributed by atoms with Crippen LogP contribution in [0.4, 0.5) is 13.2 Å². The van der Waals surface area contributed by atoms with E-state index < -0.39 is 37.9 Å². The molecule has 0 radical (unpaired) electrons. The highest BCUT2D eigenvalue weighted by molar-refractivity contribution is 9.09. The van der Waals surface area contributed by atoms with Gasteiger partial charge in [-0.05, 0) is 12.8 Å². The van der Waals surface area contributed by atoms with Crippen LogP contribution in [0.3, 0.4) is 0 Å². The second-order valence-corrected chi connectivity index (χ2v) is 7.01. The highest BCUT2D eigenvalue weighted by atomic mass is 79.9. The van der Waals surface area contributed by atoms with Crippen molar-refractivity contribution in [2.24, 2.45) is 0 Å². The molecule has 1 aliphatic rings. The van der Waals surface area contributed by atoms with Gasteiger partial charge in [0.05, 0.1) is 0 Å². The van der Waals surface area contributed by atoms with Crippen molar-refractivity contribution in [1.82, 2.24) is 4.72 Å². The minimum atomic E-state index is -4.46. The average Bonchev–Trinajstić information content (AvgIpc) is 2.37. The lowest BCUT2D eigenvalue weighted by Gasteiger charge is -2.36. The van der Waals surface area contributed by atoms with Crippen LogP contribution in [0.25, 0.3) is 0 Å². The predicted molar refractivity (Wildman–Crippen MR) is 73.2 cm³/mol. The highest BCUT2D eigenvalue weighted by Crippen LogP contribution is 2.27. The number of benzene rings is 1. The van der Waals surface area contributed by atoms with Gasteiger partial charge in [0.25, 0.3) is 0 Å². The summed E-state index contributed by atoms with van der Waals surface area (Å²) in [6.07, 6.45) is 0.726. The monoisotopic (exact) mass is 387 g/mol. The van der Waals surface area contributed by atoms with Crippen molar-refractivity contribution in [3.63, 3.8) is 0 Å². The predicted octanol–water partition coefficient (Wildman–Crippen LogP) is 2.33. The maximum Gasteiger partial charge on any atom is 0.246 e. The standard InChI is InChI=1S/C12H13BrF3NO3S/c13-7-12(1-3-20-4-2-12)17-21(18,19)11-9(15)5-8(14)6-10(11)16/h5-6,17H,1-4,7H2. The molecule has 1 fully saturated rings. The fourth-order valence-corrected chi connectivity index (χ4v) is 4.61. The summed E-state index contributed by atoms with van der Waals surface area (Å²) in [6, 6.07) is 0.671. The normalized spacial score (nSPS) is 18.7. The molecule has 0 saturated carbocycles. The number of hydrogen-bond donors (Lipinski definition) is 1. The first-order valence-corrected chi connectivity index (χ1v) is 8.72. The fraction of sp³-hybridized carbons (Fsp3) is 0.500. The van der Waals surface area contributed by atoms with Gasteiger partial charge in [0.15, 0.2) is 4.90 Å². The van der Waals surface area contributed by atoms with E-state index >= 15 is 0 Å². The molecule has 1 saturated heterocycles. The number of ether oxygens (including phenoxy) is 1. The molecule has 9 heteroatoms. The van der Waals surface area contributed by atoms with E-state index in [1.165, 1.54) is 0 Å². The number of hydrogen-bond acceptors (Lipinski definition) is 3. The van der Waals surface area contributed by atoms with Crippen molar-refractivity contribution in [3.8, 4) is 0 Å². The van der Waals surface area contributed by atoms with Gasteiger partial charge in [-0.3, -0.25) is 0 Å².